The lowest BCUT2D eigenvalue weighted by atomic mass is 9.96. The molecule has 2 heterocycles. The highest BCUT2D eigenvalue weighted by Crippen LogP contribution is 2.43. The van der Waals surface area contributed by atoms with Gasteiger partial charge in [-0.3, -0.25) is 25.5 Å². The van der Waals surface area contributed by atoms with Crippen molar-refractivity contribution in [2.75, 3.05) is 19.0 Å². The predicted molar refractivity (Wildman–Crippen MR) is 81.5 cm³/mol. The van der Waals surface area contributed by atoms with Gasteiger partial charge in [0.1, 0.15) is 17.7 Å². The van der Waals surface area contributed by atoms with E-state index < -0.39 is 35.0 Å². The highest BCUT2D eigenvalue weighted by Gasteiger charge is 2.64. The first-order valence-electron chi connectivity index (χ1n) is 7.00. The number of carboxylic acids is 1. The maximum atomic E-state index is 12.4. The first kappa shape index (κ1) is 18.1. The van der Waals surface area contributed by atoms with Gasteiger partial charge in [0, 0.05) is 18.2 Å². The number of carboxylic acid groups (broad SMARTS) is 1. The van der Waals surface area contributed by atoms with Crippen LogP contribution in [0.4, 0.5) is 4.79 Å². The van der Waals surface area contributed by atoms with Gasteiger partial charge in [-0.15, -0.1) is 11.8 Å². The monoisotopic (exact) mass is 359 g/mol. The molecule has 1 unspecified atom stereocenters. The number of β-lactam (4-membered cyclic amide) rings is 1. The van der Waals surface area contributed by atoms with Crippen LogP contribution >= 0.6 is 11.8 Å². The largest absolute Gasteiger partial charge is 0.477 e. The summed E-state index contributed by atoms with van der Waals surface area (Å²) >= 11 is 1.16. The summed E-state index contributed by atoms with van der Waals surface area (Å²) in [5.74, 6) is -2.49. The first-order valence-corrected chi connectivity index (χ1v) is 8.05. The molecule has 2 atom stereocenters. The number of nitrogens with zero attached hydrogens (tertiary/aromatic N) is 1. The third-order valence-corrected chi connectivity index (χ3v) is 4.84. The van der Waals surface area contributed by atoms with E-state index >= 15 is 0 Å². The van der Waals surface area contributed by atoms with Crippen LogP contribution in [-0.2, 0) is 23.9 Å². The molecule has 132 valence electrons. The van der Waals surface area contributed by atoms with E-state index in [1.165, 1.54) is 6.92 Å². The second-order valence-corrected chi connectivity index (χ2v) is 6.16. The molecule has 2 aliphatic heterocycles. The molecule has 1 fully saturated rings. The van der Waals surface area contributed by atoms with Crippen molar-refractivity contribution in [3.63, 3.8) is 0 Å². The number of hydrogen-bond donors (Lipinski definition) is 3. The van der Waals surface area contributed by atoms with Gasteiger partial charge in [0.2, 0.25) is 5.66 Å². The Morgan fingerprint density at radius 3 is 2.67 bits per heavy atom. The molecule has 0 aliphatic carbocycles. The third-order valence-electron chi connectivity index (χ3n) is 3.42. The highest BCUT2D eigenvalue weighted by atomic mass is 32.2. The number of aliphatic carboxylic acids is 1. The zero-order valence-corrected chi connectivity index (χ0v) is 13.8. The molecule has 0 bridgehead atoms. The van der Waals surface area contributed by atoms with Crippen molar-refractivity contribution in [2.45, 2.75) is 24.9 Å². The topological polar surface area (TPSA) is 148 Å². The average Bonchev–Trinajstić information content (AvgIpc) is 2.51. The molecule has 2 rings (SSSR count). The van der Waals surface area contributed by atoms with Gasteiger partial charge in [-0.2, -0.15) is 0 Å². The van der Waals surface area contributed by atoms with Gasteiger partial charge in [0.25, 0.3) is 5.91 Å². The number of rotatable bonds is 5. The Hall–Kier alpha value is -2.27. The van der Waals surface area contributed by atoms with E-state index in [4.69, 9.17) is 15.2 Å². The van der Waals surface area contributed by atoms with Crippen LogP contribution in [0, 0.1) is 0 Å². The molecule has 11 heteroatoms. The number of ether oxygens (including phenoxy) is 2. The Morgan fingerprint density at radius 2 is 2.12 bits per heavy atom. The standard InChI is InChI=1S/C13H17N3O7S/c1-3-22-12(21)15-13(14)10(20)16-8(9(18)19)7(4-23-6(2)17)5-24-11(13)16/h11H,3-5,14H2,1-2H3,(H,15,21)(H,18,19)/t11-,13?/m1/s1. The number of thioether (sulfide) groups is 1. The number of amides is 2. The van der Waals surface area contributed by atoms with Gasteiger partial charge in [-0.25, -0.2) is 9.59 Å². The number of fused-ring (bicyclic) bond motifs is 1. The summed E-state index contributed by atoms with van der Waals surface area (Å²) in [7, 11) is 0. The van der Waals surface area contributed by atoms with E-state index in [9.17, 15) is 24.3 Å². The van der Waals surface area contributed by atoms with Crippen molar-refractivity contribution in [3.05, 3.63) is 11.3 Å². The first-order chi connectivity index (χ1) is 11.2. The normalized spacial score (nSPS) is 25.5. The Labute approximate surface area is 141 Å². The van der Waals surface area contributed by atoms with Crippen LogP contribution in [0.1, 0.15) is 13.8 Å². The number of esters is 1. The molecule has 0 radical (unpaired) electrons. The Balaban J connectivity index is 2.24. The van der Waals surface area contributed by atoms with E-state index in [1.54, 1.807) is 6.92 Å². The van der Waals surface area contributed by atoms with Crippen LogP contribution < -0.4 is 11.1 Å². The lowest BCUT2D eigenvalue weighted by molar-refractivity contribution is -0.156. The van der Waals surface area contributed by atoms with E-state index in [0.717, 1.165) is 16.7 Å². The number of nitrogens with two attached hydrogens (primary N) is 1. The number of hydrogen-bond acceptors (Lipinski definition) is 8. The summed E-state index contributed by atoms with van der Waals surface area (Å²) in [5, 5.41) is 10.9. The fourth-order valence-electron chi connectivity index (χ4n) is 2.40. The lowest BCUT2D eigenvalue weighted by Crippen LogP contribution is -2.84. The van der Waals surface area contributed by atoms with Crippen LogP contribution in [0.3, 0.4) is 0 Å². The fraction of sp³-hybridized carbons (Fsp3) is 0.538. The van der Waals surface area contributed by atoms with Gasteiger partial charge in [0.15, 0.2) is 0 Å². The zero-order valence-electron chi connectivity index (χ0n) is 13.0. The molecule has 0 saturated carbocycles. The van der Waals surface area contributed by atoms with Crippen molar-refractivity contribution in [1.82, 2.24) is 10.2 Å². The minimum Gasteiger partial charge on any atom is -0.477 e. The van der Waals surface area contributed by atoms with Crippen LogP contribution in [0.25, 0.3) is 0 Å². The van der Waals surface area contributed by atoms with Gasteiger partial charge in [0.05, 0.1) is 6.61 Å². The van der Waals surface area contributed by atoms with E-state index in [0.29, 0.717) is 0 Å². The third kappa shape index (κ3) is 3.04. The highest BCUT2D eigenvalue weighted by molar-refractivity contribution is 8.00. The lowest BCUT2D eigenvalue weighted by Gasteiger charge is -2.54. The summed E-state index contributed by atoms with van der Waals surface area (Å²) in [5.41, 5.74) is 4.19. The van der Waals surface area contributed by atoms with Crippen LogP contribution in [0.5, 0.6) is 0 Å². The van der Waals surface area contributed by atoms with Gasteiger partial charge in [-0.1, -0.05) is 0 Å². The number of alkyl carbamates (subject to hydrolysis) is 1. The van der Waals surface area contributed by atoms with Gasteiger partial charge >= 0.3 is 18.0 Å². The predicted octanol–water partition coefficient (Wildman–Crippen LogP) is -0.796. The minimum atomic E-state index is -1.75. The molecule has 4 N–H and O–H groups in total. The number of carbonyl (C=O) groups excluding carboxylic acids is 3. The molecule has 2 amide bonds. The summed E-state index contributed by atoms with van der Waals surface area (Å²) in [4.78, 5) is 47.3. The van der Waals surface area contributed by atoms with Crippen LogP contribution in [0.2, 0.25) is 0 Å². The molecular formula is C13H17N3O7S. The van der Waals surface area contributed by atoms with Crippen molar-refractivity contribution in [3.8, 4) is 0 Å². The molecule has 0 aromatic rings. The molecule has 0 aromatic carbocycles. The quantitative estimate of drug-likeness (QED) is 0.326. The summed E-state index contributed by atoms with van der Waals surface area (Å²) in [6.45, 7) is 2.66. The molecule has 24 heavy (non-hydrogen) atoms. The maximum absolute atomic E-state index is 12.4. The smallest absolute Gasteiger partial charge is 0.409 e. The van der Waals surface area contributed by atoms with Crippen molar-refractivity contribution >= 4 is 35.7 Å². The Morgan fingerprint density at radius 1 is 1.46 bits per heavy atom. The summed E-state index contributed by atoms with van der Waals surface area (Å²) in [6, 6.07) is 0. The zero-order chi connectivity index (χ0) is 18.1. The van der Waals surface area contributed by atoms with Gasteiger partial charge in [-0.05, 0) is 6.92 Å². The molecule has 0 aromatic heterocycles. The van der Waals surface area contributed by atoms with E-state index in [-0.39, 0.29) is 30.2 Å². The molecular weight excluding hydrogens is 342 g/mol. The molecule has 10 nitrogen and oxygen atoms in total. The maximum Gasteiger partial charge on any atom is 0.409 e. The van der Waals surface area contributed by atoms with Crippen LogP contribution in [0.15, 0.2) is 11.3 Å². The Kier molecular flexibility index (Phi) is 5.04. The van der Waals surface area contributed by atoms with Crippen molar-refractivity contribution in [1.29, 1.82) is 0 Å². The van der Waals surface area contributed by atoms with Crippen LogP contribution in [-0.4, -0.2) is 63.9 Å². The number of carbonyl (C=O) groups is 4. The fourth-order valence-corrected chi connectivity index (χ4v) is 3.75. The summed E-state index contributed by atoms with van der Waals surface area (Å²) < 4.78 is 9.53. The molecule has 1 saturated heterocycles. The molecule has 0 spiro atoms. The summed E-state index contributed by atoms with van der Waals surface area (Å²) in [6.07, 6.45) is -0.861. The van der Waals surface area contributed by atoms with Gasteiger partial charge < -0.3 is 14.6 Å². The Bertz CT molecular complexity index is 635. The molecule has 2 aliphatic rings. The SMILES string of the molecule is CCOC(=O)NC1(N)C(=O)N2C(C(=O)O)=C(COC(C)=O)CS[C@@H]21. The van der Waals surface area contributed by atoms with E-state index in [1.807, 2.05) is 0 Å². The van der Waals surface area contributed by atoms with Crippen molar-refractivity contribution < 1.29 is 33.8 Å². The van der Waals surface area contributed by atoms with E-state index in [2.05, 4.69) is 5.32 Å². The average molecular weight is 359 g/mol. The van der Waals surface area contributed by atoms with Crippen molar-refractivity contribution in [2.24, 2.45) is 5.73 Å². The second-order valence-electron chi connectivity index (χ2n) is 5.09. The minimum absolute atomic E-state index is 0.102. The second kappa shape index (κ2) is 6.69. The number of nitrogens with one attached hydrogen (secondary N) is 1.